The van der Waals surface area contributed by atoms with Crippen LogP contribution in [0.4, 0.5) is 0 Å². The minimum absolute atomic E-state index is 0.00627. The minimum Gasteiger partial charge on any atom is -0.387 e. The number of likely N-dealkylation sites (N-methyl/N-ethyl adjacent to an activating group) is 1. The molecule has 0 aliphatic rings. The Hall–Kier alpha value is -1.21. The molecule has 0 saturated carbocycles. The van der Waals surface area contributed by atoms with Gasteiger partial charge in [-0.3, -0.25) is 0 Å². The van der Waals surface area contributed by atoms with Gasteiger partial charge >= 0.3 is 0 Å². The Kier molecular flexibility index (Phi) is 5.16. The molecule has 21 heavy (non-hydrogen) atoms. The van der Waals surface area contributed by atoms with E-state index in [0.717, 1.165) is 4.31 Å². The monoisotopic (exact) mass is 369 g/mol. The molecule has 6 heteroatoms. The maximum Gasteiger partial charge on any atom is 0.244 e. The third-order valence-electron chi connectivity index (χ3n) is 3.14. The molecule has 1 N–H and O–H groups in total. The molecule has 0 aliphatic carbocycles. The predicted molar refractivity (Wildman–Crippen MR) is 85.4 cm³/mol. The number of nitrogens with zero attached hydrogens (tertiary/aromatic N) is 1. The lowest BCUT2D eigenvalue weighted by molar-refractivity contribution is 0.155. The zero-order valence-corrected chi connectivity index (χ0v) is 13.9. The SMILES string of the molecule is CN(CC(O)c1ccccc1)S(=O)(=O)c1ccccc1Br. The number of hydrogen-bond donors (Lipinski definition) is 1. The average molecular weight is 370 g/mol. The summed E-state index contributed by atoms with van der Waals surface area (Å²) in [6, 6.07) is 15.6. The molecule has 0 heterocycles. The van der Waals surface area contributed by atoms with E-state index < -0.39 is 16.1 Å². The Morgan fingerprint density at radius 2 is 1.67 bits per heavy atom. The van der Waals surface area contributed by atoms with Crippen LogP contribution in [0.2, 0.25) is 0 Å². The Morgan fingerprint density at radius 3 is 2.29 bits per heavy atom. The normalized spacial score (nSPS) is 13.3. The molecule has 112 valence electrons. The molecule has 0 saturated heterocycles. The van der Waals surface area contributed by atoms with E-state index in [9.17, 15) is 13.5 Å². The van der Waals surface area contributed by atoms with Crippen LogP contribution in [0.5, 0.6) is 0 Å². The van der Waals surface area contributed by atoms with Crippen molar-refractivity contribution in [2.45, 2.75) is 11.0 Å². The Morgan fingerprint density at radius 1 is 1.10 bits per heavy atom. The van der Waals surface area contributed by atoms with Crippen LogP contribution in [0.1, 0.15) is 11.7 Å². The number of benzene rings is 2. The molecule has 4 nitrogen and oxygen atoms in total. The van der Waals surface area contributed by atoms with Crippen molar-refractivity contribution in [3.63, 3.8) is 0 Å². The van der Waals surface area contributed by atoms with E-state index in [4.69, 9.17) is 0 Å². The van der Waals surface area contributed by atoms with Crippen LogP contribution in [0.25, 0.3) is 0 Å². The third kappa shape index (κ3) is 3.71. The standard InChI is InChI=1S/C15H16BrNO3S/c1-17(11-14(18)12-7-3-2-4-8-12)21(19,20)15-10-6-5-9-13(15)16/h2-10,14,18H,11H2,1H3. The first-order valence-electron chi connectivity index (χ1n) is 6.37. The Bertz CT molecular complexity index is 704. The lowest BCUT2D eigenvalue weighted by Gasteiger charge is -2.21. The number of aliphatic hydroxyl groups excluding tert-OH is 1. The first-order chi connectivity index (χ1) is 9.93. The van der Waals surface area contributed by atoms with Crippen molar-refractivity contribution in [2.75, 3.05) is 13.6 Å². The van der Waals surface area contributed by atoms with E-state index in [1.807, 2.05) is 6.07 Å². The van der Waals surface area contributed by atoms with Gasteiger partial charge in [-0.25, -0.2) is 8.42 Å². The second-order valence-corrected chi connectivity index (χ2v) is 7.51. The van der Waals surface area contributed by atoms with Gasteiger partial charge in [0.15, 0.2) is 0 Å². The van der Waals surface area contributed by atoms with Crippen molar-refractivity contribution < 1.29 is 13.5 Å². The summed E-state index contributed by atoms with van der Waals surface area (Å²) in [5, 5.41) is 10.2. The summed E-state index contributed by atoms with van der Waals surface area (Å²) in [6.45, 7) is -0.00627. The fourth-order valence-electron chi connectivity index (χ4n) is 1.94. The van der Waals surface area contributed by atoms with Gasteiger partial charge in [-0.1, -0.05) is 42.5 Å². The van der Waals surface area contributed by atoms with E-state index in [1.165, 1.54) is 13.1 Å². The maximum absolute atomic E-state index is 12.5. The van der Waals surface area contributed by atoms with Gasteiger partial charge in [0.05, 0.1) is 11.0 Å². The smallest absolute Gasteiger partial charge is 0.244 e. The highest BCUT2D eigenvalue weighted by molar-refractivity contribution is 9.10. The summed E-state index contributed by atoms with van der Waals surface area (Å²) >= 11 is 3.24. The molecule has 0 spiro atoms. The number of rotatable bonds is 5. The summed E-state index contributed by atoms with van der Waals surface area (Å²) in [5.41, 5.74) is 0.687. The van der Waals surface area contributed by atoms with E-state index in [2.05, 4.69) is 15.9 Å². The fourth-order valence-corrected chi connectivity index (χ4v) is 4.08. The van der Waals surface area contributed by atoms with Crippen molar-refractivity contribution >= 4 is 26.0 Å². The molecule has 0 fully saturated rings. The van der Waals surface area contributed by atoms with E-state index in [0.29, 0.717) is 10.0 Å². The summed E-state index contributed by atoms with van der Waals surface area (Å²) < 4.78 is 26.7. The van der Waals surface area contributed by atoms with Gasteiger partial charge in [-0.15, -0.1) is 0 Å². The zero-order valence-electron chi connectivity index (χ0n) is 11.5. The van der Waals surface area contributed by atoms with Gasteiger partial charge < -0.3 is 5.11 Å². The zero-order chi connectivity index (χ0) is 15.5. The van der Waals surface area contributed by atoms with E-state index in [-0.39, 0.29) is 11.4 Å². The number of hydrogen-bond acceptors (Lipinski definition) is 3. The van der Waals surface area contributed by atoms with E-state index in [1.54, 1.807) is 42.5 Å². The van der Waals surface area contributed by atoms with Gasteiger partial charge in [0.2, 0.25) is 10.0 Å². The molecule has 0 aromatic heterocycles. The lowest BCUT2D eigenvalue weighted by Crippen LogP contribution is -2.31. The fraction of sp³-hybridized carbons (Fsp3) is 0.200. The molecule has 0 amide bonds. The summed E-state index contributed by atoms with van der Waals surface area (Å²) in [7, 11) is -2.19. The highest BCUT2D eigenvalue weighted by Crippen LogP contribution is 2.25. The van der Waals surface area contributed by atoms with Crippen LogP contribution in [0, 0.1) is 0 Å². The first kappa shape index (κ1) is 16.2. The van der Waals surface area contributed by atoms with Gasteiger partial charge in [0.25, 0.3) is 0 Å². The number of sulfonamides is 1. The largest absolute Gasteiger partial charge is 0.387 e. The highest BCUT2D eigenvalue weighted by Gasteiger charge is 2.25. The Balaban J connectivity index is 2.20. The number of halogens is 1. The first-order valence-corrected chi connectivity index (χ1v) is 8.60. The second kappa shape index (κ2) is 6.70. The van der Waals surface area contributed by atoms with Crippen LogP contribution in [0.3, 0.4) is 0 Å². The lowest BCUT2D eigenvalue weighted by atomic mass is 10.1. The Labute approximate surface area is 133 Å². The number of aliphatic hydroxyl groups is 1. The molecule has 0 aliphatic heterocycles. The predicted octanol–water partition coefficient (Wildman–Crippen LogP) is 2.80. The molecule has 2 aromatic carbocycles. The molecular weight excluding hydrogens is 354 g/mol. The maximum atomic E-state index is 12.5. The topological polar surface area (TPSA) is 57.6 Å². The summed E-state index contributed by atoms with van der Waals surface area (Å²) in [5.74, 6) is 0. The van der Waals surface area contributed by atoms with Crippen LogP contribution in [-0.2, 0) is 10.0 Å². The van der Waals surface area contributed by atoms with Crippen molar-refractivity contribution in [1.82, 2.24) is 4.31 Å². The van der Waals surface area contributed by atoms with Gasteiger partial charge in [-0.05, 0) is 33.6 Å². The van der Waals surface area contributed by atoms with Crippen molar-refractivity contribution in [1.29, 1.82) is 0 Å². The average Bonchev–Trinajstić information content (AvgIpc) is 2.48. The molecule has 2 aromatic rings. The van der Waals surface area contributed by atoms with Crippen LogP contribution < -0.4 is 0 Å². The molecule has 2 rings (SSSR count). The van der Waals surface area contributed by atoms with Crippen LogP contribution >= 0.6 is 15.9 Å². The molecular formula is C15H16BrNO3S. The van der Waals surface area contributed by atoms with Gasteiger partial charge in [-0.2, -0.15) is 4.31 Å². The molecule has 1 atom stereocenters. The quantitative estimate of drug-likeness (QED) is 0.881. The third-order valence-corrected chi connectivity index (χ3v) is 5.97. The summed E-state index contributed by atoms with van der Waals surface area (Å²) in [4.78, 5) is 0.188. The van der Waals surface area contributed by atoms with Crippen LogP contribution in [0.15, 0.2) is 64.0 Å². The van der Waals surface area contributed by atoms with Gasteiger partial charge in [0.1, 0.15) is 0 Å². The molecule has 0 radical (unpaired) electrons. The summed E-state index contributed by atoms with van der Waals surface area (Å²) in [6.07, 6.45) is -0.867. The second-order valence-electron chi connectivity index (χ2n) is 4.64. The minimum atomic E-state index is -3.65. The van der Waals surface area contributed by atoms with Gasteiger partial charge in [0, 0.05) is 18.1 Å². The van der Waals surface area contributed by atoms with Crippen molar-refractivity contribution in [3.05, 3.63) is 64.6 Å². The molecule has 1 unspecified atom stereocenters. The van der Waals surface area contributed by atoms with E-state index >= 15 is 0 Å². The van der Waals surface area contributed by atoms with Crippen LogP contribution in [-0.4, -0.2) is 31.4 Å². The molecule has 0 bridgehead atoms. The van der Waals surface area contributed by atoms with Crippen molar-refractivity contribution in [3.8, 4) is 0 Å². The highest BCUT2D eigenvalue weighted by atomic mass is 79.9. The van der Waals surface area contributed by atoms with Crippen molar-refractivity contribution in [2.24, 2.45) is 0 Å².